The van der Waals surface area contributed by atoms with Crippen LogP contribution in [0.5, 0.6) is 0 Å². The zero-order valence-corrected chi connectivity index (χ0v) is 9.09. The Kier molecular flexibility index (Phi) is 5.31. The van der Waals surface area contributed by atoms with E-state index in [1.165, 1.54) is 0 Å². The van der Waals surface area contributed by atoms with E-state index in [1.807, 2.05) is 17.8 Å². The summed E-state index contributed by atoms with van der Waals surface area (Å²) in [5.74, 6) is 0. The Morgan fingerprint density at radius 1 is 1.67 bits per heavy atom. The van der Waals surface area contributed by atoms with E-state index in [0.717, 1.165) is 12.1 Å². The van der Waals surface area contributed by atoms with Crippen LogP contribution >= 0.6 is 0 Å². The molecule has 3 N–H and O–H groups in total. The van der Waals surface area contributed by atoms with Gasteiger partial charge in [0.05, 0.1) is 12.3 Å². The van der Waals surface area contributed by atoms with E-state index in [2.05, 4.69) is 5.10 Å². The Bertz CT molecular complexity index is 275. The van der Waals surface area contributed by atoms with Gasteiger partial charge in [-0.2, -0.15) is 5.10 Å². The highest BCUT2D eigenvalue weighted by Crippen LogP contribution is 2.15. The second-order valence-corrected chi connectivity index (χ2v) is 3.30. The maximum atomic E-state index is 8.64. The van der Waals surface area contributed by atoms with Crippen molar-refractivity contribution in [2.45, 2.75) is 26.0 Å². The average Bonchev–Trinajstić information content (AvgIpc) is 2.73. The Labute approximate surface area is 89.8 Å². The number of nitrogens with zero attached hydrogens (tertiary/aromatic N) is 2. The Balaban J connectivity index is 2.49. The molecule has 0 saturated carbocycles. The maximum Gasteiger partial charge on any atom is 0.0977 e. The third-order valence-corrected chi connectivity index (χ3v) is 2.18. The lowest BCUT2D eigenvalue weighted by molar-refractivity contribution is 0.0488. The van der Waals surface area contributed by atoms with Crippen LogP contribution in [0.2, 0.25) is 0 Å². The summed E-state index contributed by atoms with van der Waals surface area (Å²) in [4.78, 5) is 0. The second kappa shape index (κ2) is 6.55. The van der Waals surface area contributed by atoms with Crippen molar-refractivity contribution < 1.29 is 9.84 Å². The summed E-state index contributed by atoms with van der Waals surface area (Å²) in [6.07, 6.45) is 4.24. The molecule has 15 heavy (non-hydrogen) atoms. The summed E-state index contributed by atoms with van der Waals surface area (Å²) >= 11 is 0. The molecule has 0 fully saturated rings. The molecule has 1 rings (SSSR count). The summed E-state index contributed by atoms with van der Waals surface area (Å²) in [7, 11) is 0. The van der Waals surface area contributed by atoms with Crippen molar-refractivity contribution in [2.24, 2.45) is 5.73 Å². The number of aromatic nitrogens is 2. The number of nitrogens with two attached hydrogens (primary N) is 1. The van der Waals surface area contributed by atoms with Gasteiger partial charge in [-0.25, -0.2) is 0 Å². The van der Waals surface area contributed by atoms with Crippen molar-refractivity contribution in [1.29, 1.82) is 0 Å². The van der Waals surface area contributed by atoms with E-state index in [9.17, 15) is 0 Å². The molecule has 5 heteroatoms. The fourth-order valence-corrected chi connectivity index (χ4v) is 1.31. The summed E-state index contributed by atoms with van der Waals surface area (Å²) in [6.45, 7) is 3.97. The first-order valence-corrected chi connectivity index (χ1v) is 5.26. The average molecular weight is 213 g/mol. The van der Waals surface area contributed by atoms with Crippen LogP contribution in [-0.4, -0.2) is 34.6 Å². The van der Waals surface area contributed by atoms with Gasteiger partial charge in [0.15, 0.2) is 0 Å². The van der Waals surface area contributed by atoms with Crippen LogP contribution in [0.1, 0.15) is 25.0 Å². The molecule has 0 aliphatic carbocycles. The predicted octanol–water partition coefficient (Wildman–Crippen LogP) is 0.302. The number of hydrogen-bond donors (Lipinski definition) is 2. The minimum absolute atomic E-state index is 0.114. The van der Waals surface area contributed by atoms with Gasteiger partial charge in [0, 0.05) is 38.1 Å². The van der Waals surface area contributed by atoms with Gasteiger partial charge in [-0.3, -0.25) is 4.68 Å². The first-order chi connectivity index (χ1) is 7.31. The molecule has 1 unspecified atom stereocenters. The molecular weight excluding hydrogens is 194 g/mol. The smallest absolute Gasteiger partial charge is 0.0977 e. The van der Waals surface area contributed by atoms with Crippen LogP contribution in [0, 0.1) is 0 Å². The van der Waals surface area contributed by atoms with Gasteiger partial charge in [0.2, 0.25) is 0 Å². The zero-order chi connectivity index (χ0) is 11.1. The number of aliphatic hydroxyl groups is 1. The quantitative estimate of drug-likeness (QED) is 0.639. The minimum atomic E-state index is -0.114. The molecule has 0 bridgehead atoms. The molecular formula is C10H19N3O2. The minimum Gasteiger partial charge on any atom is -0.396 e. The topological polar surface area (TPSA) is 73.3 Å². The van der Waals surface area contributed by atoms with E-state index >= 15 is 0 Å². The van der Waals surface area contributed by atoms with Crippen molar-refractivity contribution >= 4 is 0 Å². The normalized spacial score (nSPS) is 13.0. The van der Waals surface area contributed by atoms with Gasteiger partial charge >= 0.3 is 0 Å². The SMILES string of the molecule is CCn1cc(C(CN)OCCCO)cn1. The molecule has 1 aromatic heterocycles. The van der Waals surface area contributed by atoms with Crippen molar-refractivity contribution in [1.82, 2.24) is 9.78 Å². The molecule has 1 aromatic rings. The summed E-state index contributed by atoms with van der Waals surface area (Å²) in [6, 6.07) is 0. The number of aliphatic hydroxyl groups excluding tert-OH is 1. The Morgan fingerprint density at radius 3 is 3.00 bits per heavy atom. The number of aryl methyl sites for hydroxylation is 1. The highest BCUT2D eigenvalue weighted by molar-refractivity contribution is 5.08. The first-order valence-electron chi connectivity index (χ1n) is 5.26. The van der Waals surface area contributed by atoms with Crippen molar-refractivity contribution in [3.8, 4) is 0 Å². The molecule has 0 aromatic carbocycles. The van der Waals surface area contributed by atoms with Crippen molar-refractivity contribution in [3.05, 3.63) is 18.0 Å². The van der Waals surface area contributed by atoms with Gasteiger partial charge in [0.1, 0.15) is 0 Å². The van der Waals surface area contributed by atoms with Gasteiger partial charge in [-0.15, -0.1) is 0 Å². The van der Waals surface area contributed by atoms with Crippen LogP contribution in [-0.2, 0) is 11.3 Å². The molecule has 1 heterocycles. The van der Waals surface area contributed by atoms with Crippen LogP contribution in [0.15, 0.2) is 12.4 Å². The predicted molar refractivity (Wildman–Crippen MR) is 57.4 cm³/mol. The molecule has 1 atom stereocenters. The monoisotopic (exact) mass is 213 g/mol. The first kappa shape index (κ1) is 12.2. The number of hydrogen-bond acceptors (Lipinski definition) is 4. The molecule has 0 spiro atoms. The van der Waals surface area contributed by atoms with Crippen molar-refractivity contribution in [2.75, 3.05) is 19.8 Å². The van der Waals surface area contributed by atoms with E-state index in [4.69, 9.17) is 15.6 Å². The van der Waals surface area contributed by atoms with E-state index < -0.39 is 0 Å². The van der Waals surface area contributed by atoms with E-state index in [1.54, 1.807) is 6.20 Å². The fraction of sp³-hybridized carbons (Fsp3) is 0.700. The summed E-state index contributed by atoms with van der Waals surface area (Å²) in [5, 5.41) is 12.8. The molecule has 0 saturated heterocycles. The van der Waals surface area contributed by atoms with Gasteiger partial charge in [-0.05, 0) is 13.3 Å². The third kappa shape index (κ3) is 3.62. The van der Waals surface area contributed by atoms with Crippen LogP contribution < -0.4 is 5.73 Å². The second-order valence-electron chi connectivity index (χ2n) is 3.30. The summed E-state index contributed by atoms with van der Waals surface area (Å²) < 4.78 is 7.38. The highest BCUT2D eigenvalue weighted by Gasteiger charge is 2.11. The summed E-state index contributed by atoms with van der Waals surface area (Å²) in [5.41, 5.74) is 6.61. The number of rotatable bonds is 7. The largest absolute Gasteiger partial charge is 0.396 e. The van der Waals surface area contributed by atoms with Crippen LogP contribution in [0.25, 0.3) is 0 Å². The Hall–Kier alpha value is -0.910. The Morgan fingerprint density at radius 2 is 2.47 bits per heavy atom. The number of ether oxygens (including phenoxy) is 1. The highest BCUT2D eigenvalue weighted by atomic mass is 16.5. The van der Waals surface area contributed by atoms with E-state index in [-0.39, 0.29) is 12.7 Å². The van der Waals surface area contributed by atoms with Crippen molar-refractivity contribution in [3.63, 3.8) is 0 Å². The fourth-order valence-electron chi connectivity index (χ4n) is 1.31. The molecule has 86 valence electrons. The molecule has 5 nitrogen and oxygen atoms in total. The molecule has 0 aliphatic heterocycles. The lowest BCUT2D eigenvalue weighted by Gasteiger charge is -2.13. The zero-order valence-electron chi connectivity index (χ0n) is 9.09. The molecule has 0 aliphatic rings. The lowest BCUT2D eigenvalue weighted by atomic mass is 10.2. The molecule has 0 radical (unpaired) electrons. The van der Waals surface area contributed by atoms with E-state index in [0.29, 0.717) is 19.6 Å². The standard InChI is InChI=1S/C10H19N3O2/c1-2-13-8-9(7-12-13)10(6-11)15-5-3-4-14/h7-8,10,14H,2-6,11H2,1H3. The van der Waals surface area contributed by atoms with Gasteiger partial charge in [-0.1, -0.05) is 0 Å². The van der Waals surface area contributed by atoms with Crippen LogP contribution in [0.4, 0.5) is 0 Å². The third-order valence-electron chi connectivity index (χ3n) is 2.18. The van der Waals surface area contributed by atoms with Gasteiger partial charge in [0.25, 0.3) is 0 Å². The van der Waals surface area contributed by atoms with Gasteiger partial charge < -0.3 is 15.6 Å². The lowest BCUT2D eigenvalue weighted by Crippen LogP contribution is -2.16. The van der Waals surface area contributed by atoms with Crippen LogP contribution in [0.3, 0.4) is 0 Å². The maximum absolute atomic E-state index is 8.64. The molecule has 0 amide bonds.